The number of aliphatic hydroxyl groups excluding tert-OH is 1. The molecule has 2 rings (SSSR count). The van der Waals surface area contributed by atoms with E-state index in [1.165, 1.54) is 32.2 Å². The number of methoxy groups -OCH3 is 1. The summed E-state index contributed by atoms with van der Waals surface area (Å²) in [6.45, 7) is 0.100. The number of ether oxygens (including phenoxy) is 2. The summed E-state index contributed by atoms with van der Waals surface area (Å²) in [6, 6.07) is 9.25. The summed E-state index contributed by atoms with van der Waals surface area (Å²) in [5.41, 5.74) is 0.851. The molecule has 0 radical (unpaired) electrons. The number of aromatic nitrogens is 3. The fourth-order valence-corrected chi connectivity index (χ4v) is 3.44. The Bertz CT molecular complexity index is 775. The van der Waals surface area contributed by atoms with Crippen molar-refractivity contribution in [1.82, 2.24) is 15.0 Å². The number of hydrogen-bond acceptors (Lipinski definition) is 9. The monoisotopic (exact) mass is 399 g/mol. The maximum Gasteiger partial charge on any atom is 0.361 e. The van der Waals surface area contributed by atoms with E-state index in [-0.39, 0.29) is 18.8 Å². The number of hydrogen-bond donors (Lipinski definition) is 1. The molecule has 0 amide bonds. The van der Waals surface area contributed by atoms with Gasteiger partial charge in [0.1, 0.15) is 6.10 Å². The lowest BCUT2D eigenvalue weighted by atomic mass is 10.2. The standard InChI is InChI=1S/C16H22N3O7P/c1-23-15(20)13-9-19(18-17-13)10-14(16(21)27(22,24-2)25-3)26-11-12-7-5-4-6-8-12/h4-9,14,16,21H,10-11H2,1-3H3/t14-,16-/m0/s1. The van der Waals surface area contributed by atoms with E-state index in [1.54, 1.807) is 0 Å². The van der Waals surface area contributed by atoms with Gasteiger partial charge >= 0.3 is 13.6 Å². The first-order chi connectivity index (χ1) is 12.9. The van der Waals surface area contributed by atoms with Crippen LogP contribution in [0.15, 0.2) is 36.5 Å². The average molecular weight is 399 g/mol. The number of benzene rings is 1. The second kappa shape index (κ2) is 9.72. The van der Waals surface area contributed by atoms with Gasteiger partial charge in [-0.3, -0.25) is 4.57 Å². The van der Waals surface area contributed by atoms with Crippen LogP contribution in [0.3, 0.4) is 0 Å². The van der Waals surface area contributed by atoms with Crippen molar-refractivity contribution in [1.29, 1.82) is 0 Å². The van der Waals surface area contributed by atoms with Gasteiger partial charge < -0.3 is 23.6 Å². The Morgan fingerprint density at radius 1 is 1.22 bits per heavy atom. The zero-order valence-corrected chi connectivity index (χ0v) is 16.1. The number of rotatable bonds is 10. The predicted molar refractivity (Wildman–Crippen MR) is 94.0 cm³/mol. The lowest BCUT2D eigenvalue weighted by molar-refractivity contribution is -0.0353. The number of nitrogens with zero attached hydrogens (tertiary/aromatic N) is 3. The molecule has 2 aromatic rings. The van der Waals surface area contributed by atoms with E-state index in [9.17, 15) is 14.5 Å². The van der Waals surface area contributed by atoms with E-state index < -0.39 is 25.5 Å². The van der Waals surface area contributed by atoms with E-state index in [2.05, 4.69) is 15.0 Å². The predicted octanol–water partition coefficient (Wildman–Crippen LogP) is 1.45. The van der Waals surface area contributed by atoms with Crippen LogP contribution in [0.4, 0.5) is 0 Å². The SMILES string of the molecule is COC(=O)c1cn(C[C@H](OCc2ccccc2)[C@@H](O)P(=O)(OC)OC)nn1. The van der Waals surface area contributed by atoms with Gasteiger partial charge in [-0.1, -0.05) is 35.5 Å². The van der Waals surface area contributed by atoms with Gasteiger partial charge in [0, 0.05) is 14.2 Å². The van der Waals surface area contributed by atoms with Crippen molar-refractivity contribution in [2.75, 3.05) is 21.3 Å². The molecule has 0 aliphatic rings. The normalized spacial score (nSPS) is 13.9. The second-order valence-electron chi connectivity index (χ2n) is 5.47. The van der Waals surface area contributed by atoms with Crippen molar-refractivity contribution in [2.24, 2.45) is 0 Å². The molecule has 0 aliphatic carbocycles. The first kappa shape index (κ1) is 21.2. The molecule has 27 heavy (non-hydrogen) atoms. The number of aliphatic hydroxyl groups is 1. The van der Waals surface area contributed by atoms with Crippen LogP contribution in [0, 0.1) is 0 Å². The molecular formula is C16H22N3O7P. The van der Waals surface area contributed by atoms with Crippen LogP contribution < -0.4 is 0 Å². The van der Waals surface area contributed by atoms with Gasteiger partial charge in [0.15, 0.2) is 11.5 Å². The summed E-state index contributed by atoms with van der Waals surface area (Å²) in [7, 11) is -0.254. The summed E-state index contributed by atoms with van der Waals surface area (Å²) in [5, 5.41) is 18.0. The molecular weight excluding hydrogens is 377 g/mol. The van der Waals surface area contributed by atoms with Crippen molar-refractivity contribution in [3.8, 4) is 0 Å². The largest absolute Gasteiger partial charge is 0.464 e. The molecule has 10 nitrogen and oxygen atoms in total. The van der Waals surface area contributed by atoms with Gasteiger partial charge in [0.2, 0.25) is 0 Å². The van der Waals surface area contributed by atoms with E-state index >= 15 is 0 Å². The molecule has 1 aromatic carbocycles. The summed E-state index contributed by atoms with van der Waals surface area (Å²) < 4.78 is 33.9. The molecule has 1 N–H and O–H groups in total. The zero-order chi connectivity index (χ0) is 19.9. The highest BCUT2D eigenvalue weighted by atomic mass is 31.2. The highest BCUT2D eigenvalue weighted by Gasteiger charge is 2.40. The van der Waals surface area contributed by atoms with Crippen molar-refractivity contribution in [3.05, 3.63) is 47.8 Å². The van der Waals surface area contributed by atoms with E-state index in [0.29, 0.717) is 0 Å². The molecule has 0 fully saturated rings. The molecule has 11 heteroatoms. The molecule has 0 saturated heterocycles. The van der Waals surface area contributed by atoms with E-state index in [4.69, 9.17) is 13.8 Å². The molecule has 148 valence electrons. The zero-order valence-electron chi connectivity index (χ0n) is 15.2. The minimum absolute atomic E-state index is 0.00420. The average Bonchev–Trinajstić information content (AvgIpc) is 3.18. The Labute approximate surface area is 156 Å². The van der Waals surface area contributed by atoms with Gasteiger partial charge in [0.25, 0.3) is 0 Å². The highest BCUT2D eigenvalue weighted by Crippen LogP contribution is 2.52. The summed E-state index contributed by atoms with van der Waals surface area (Å²) in [6.07, 6.45) is 0.324. The van der Waals surface area contributed by atoms with Crippen LogP contribution in [0.1, 0.15) is 16.1 Å². The number of carbonyl (C=O) groups excluding carboxylic acids is 1. The van der Waals surface area contributed by atoms with Gasteiger partial charge in [-0.05, 0) is 5.56 Å². The number of esters is 1. The molecule has 2 atom stereocenters. The summed E-state index contributed by atoms with van der Waals surface area (Å²) in [5.74, 6) is -2.23. The first-order valence-corrected chi connectivity index (χ1v) is 9.58. The van der Waals surface area contributed by atoms with Gasteiger partial charge in [-0.2, -0.15) is 0 Å². The summed E-state index contributed by atoms with van der Waals surface area (Å²) in [4.78, 5) is 11.5. The van der Waals surface area contributed by atoms with Crippen molar-refractivity contribution < 1.29 is 33.0 Å². The van der Waals surface area contributed by atoms with E-state index in [0.717, 1.165) is 5.56 Å². The Balaban J connectivity index is 2.19. The van der Waals surface area contributed by atoms with Crippen LogP contribution in [-0.2, 0) is 36.2 Å². The van der Waals surface area contributed by atoms with Crippen LogP contribution >= 0.6 is 7.60 Å². The minimum Gasteiger partial charge on any atom is -0.464 e. The fourth-order valence-electron chi connectivity index (χ4n) is 2.27. The van der Waals surface area contributed by atoms with Crippen molar-refractivity contribution >= 4 is 13.6 Å². The maximum absolute atomic E-state index is 12.6. The molecule has 0 unspecified atom stereocenters. The van der Waals surface area contributed by atoms with Crippen LogP contribution in [0.2, 0.25) is 0 Å². The number of carbonyl (C=O) groups is 1. The Morgan fingerprint density at radius 2 is 1.89 bits per heavy atom. The Kier molecular flexibility index (Phi) is 7.64. The smallest absolute Gasteiger partial charge is 0.361 e. The van der Waals surface area contributed by atoms with E-state index in [1.807, 2.05) is 30.3 Å². The van der Waals surface area contributed by atoms with Gasteiger partial charge in [0.05, 0.1) is 26.5 Å². The van der Waals surface area contributed by atoms with Gasteiger partial charge in [-0.25, -0.2) is 9.48 Å². The maximum atomic E-state index is 12.6. The van der Waals surface area contributed by atoms with Gasteiger partial charge in [-0.15, -0.1) is 5.10 Å². The molecule has 0 aliphatic heterocycles. The highest BCUT2D eigenvalue weighted by molar-refractivity contribution is 7.54. The Hall–Kier alpha value is -2.10. The van der Waals surface area contributed by atoms with Crippen molar-refractivity contribution in [2.45, 2.75) is 25.1 Å². The third kappa shape index (κ3) is 5.44. The fraction of sp³-hybridized carbons (Fsp3) is 0.438. The first-order valence-electron chi connectivity index (χ1n) is 7.96. The lowest BCUT2D eigenvalue weighted by Gasteiger charge is -2.27. The van der Waals surface area contributed by atoms with Crippen LogP contribution in [-0.4, -0.2) is 59.3 Å². The topological polar surface area (TPSA) is 122 Å². The molecule has 1 heterocycles. The molecule has 0 spiro atoms. The Morgan fingerprint density at radius 3 is 2.48 bits per heavy atom. The third-order valence-corrected chi connectivity index (χ3v) is 5.77. The third-order valence-electron chi connectivity index (χ3n) is 3.77. The van der Waals surface area contributed by atoms with Crippen LogP contribution in [0.5, 0.6) is 0 Å². The van der Waals surface area contributed by atoms with Crippen LogP contribution in [0.25, 0.3) is 0 Å². The summed E-state index contributed by atoms with van der Waals surface area (Å²) >= 11 is 0. The molecule has 0 bridgehead atoms. The molecule has 1 aromatic heterocycles. The second-order valence-corrected chi connectivity index (χ2v) is 7.81. The lowest BCUT2D eigenvalue weighted by Crippen LogP contribution is -2.34. The van der Waals surface area contributed by atoms with Crippen molar-refractivity contribution in [3.63, 3.8) is 0 Å². The quantitative estimate of drug-likeness (QED) is 0.467. The molecule has 0 saturated carbocycles. The minimum atomic E-state index is -3.83.